The highest BCUT2D eigenvalue weighted by Crippen LogP contribution is 2.39. The molecule has 3 nitrogen and oxygen atoms in total. The summed E-state index contributed by atoms with van der Waals surface area (Å²) < 4.78 is 44.1. The van der Waals surface area contributed by atoms with Gasteiger partial charge >= 0.3 is 6.18 Å². The van der Waals surface area contributed by atoms with Crippen molar-refractivity contribution >= 4 is 36.4 Å². The molecule has 0 aromatic heterocycles. The summed E-state index contributed by atoms with van der Waals surface area (Å²) in [4.78, 5) is 1.83. The van der Waals surface area contributed by atoms with Crippen molar-refractivity contribution in [3.05, 3.63) is 28.8 Å². The molecule has 1 aliphatic rings. The summed E-state index contributed by atoms with van der Waals surface area (Å²) in [5.41, 5.74) is 0.490. The number of methoxy groups -OCH3 is 1. The molecule has 1 N–H and O–H groups in total. The van der Waals surface area contributed by atoms with Gasteiger partial charge in [0, 0.05) is 42.8 Å². The number of hydrogen-bond donors (Lipinski definition) is 1. The molecule has 0 spiro atoms. The van der Waals surface area contributed by atoms with E-state index < -0.39 is 18.6 Å². The number of nitrogens with one attached hydrogen (secondary N) is 1. The molecule has 0 saturated carbocycles. The third kappa shape index (κ3) is 6.55. The van der Waals surface area contributed by atoms with Gasteiger partial charge in [0.25, 0.3) is 0 Å². The van der Waals surface area contributed by atoms with Crippen LogP contribution in [0, 0.1) is 0 Å². The number of rotatable bonds is 4. The molecule has 9 heteroatoms. The lowest BCUT2D eigenvalue weighted by Gasteiger charge is -2.36. The van der Waals surface area contributed by atoms with Crippen LogP contribution in [0.2, 0.25) is 5.02 Å². The number of ether oxygens (including phenoxy) is 1. The van der Waals surface area contributed by atoms with Crippen LogP contribution in [0.25, 0.3) is 0 Å². The summed E-state index contributed by atoms with van der Waals surface area (Å²) in [6, 6.07) is 4.02. The van der Waals surface area contributed by atoms with Gasteiger partial charge in [-0.25, -0.2) is 0 Å². The summed E-state index contributed by atoms with van der Waals surface area (Å²) in [7, 11) is 1.45. The molecule has 0 unspecified atom stereocenters. The second-order valence-corrected chi connectivity index (χ2v) is 5.44. The van der Waals surface area contributed by atoms with Gasteiger partial charge in [0.05, 0.1) is 13.5 Å². The summed E-state index contributed by atoms with van der Waals surface area (Å²) >= 11 is 5.96. The van der Waals surface area contributed by atoms with Gasteiger partial charge in [-0.2, -0.15) is 13.2 Å². The van der Waals surface area contributed by atoms with Crippen LogP contribution in [0.15, 0.2) is 18.2 Å². The molecule has 0 radical (unpaired) electrons. The molecule has 1 aromatic carbocycles. The number of alkyl halides is 3. The number of piperazine rings is 1. The van der Waals surface area contributed by atoms with Gasteiger partial charge in [-0.3, -0.25) is 4.90 Å². The SMILES string of the molecule is COc1ccc(Cl)cc1[C@@H](CC(F)(F)F)N1CCNCC1.Cl.Cl. The van der Waals surface area contributed by atoms with E-state index in [2.05, 4.69) is 5.32 Å². The first-order valence-electron chi connectivity index (χ1n) is 6.75. The Bertz CT molecular complexity index is 483. The first-order chi connectivity index (χ1) is 9.90. The van der Waals surface area contributed by atoms with Gasteiger partial charge < -0.3 is 10.1 Å². The van der Waals surface area contributed by atoms with Gasteiger partial charge in [0.1, 0.15) is 5.75 Å². The van der Waals surface area contributed by atoms with Crippen LogP contribution in [0.3, 0.4) is 0 Å². The highest BCUT2D eigenvalue weighted by Gasteiger charge is 2.37. The average Bonchev–Trinajstić information content (AvgIpc) is 2.45. The molecule has 0 aliphatic carbocycles. The molecule has 1 heterocycles. The molecule has 0 bridgehead atoms. The topological polar surface area (TPSA) is 24.5 Å². The summed E-state index contributed by atoms with van der Waals surface area (Å²) in [6.45, 7) is 2.49. The zero-order valence-corrected chi connectivity index (χ0v) is 14.9. The predicted octanol–water partition coefficient (Wildman–Crippen LogP) is 4.09. The summed E-state index contributed by atoms with van der Waals surface area (Å²) in [5.74, 6) is 0.437. The number of nitrogens with zero attached hydrogens (tertiary/aromatic N) is 1. The van der Waals surface area contributed by atoms with Crippen molar-refractivity contribution in [2.24, 2.45) is 0 Å². The van der Waals surface area contributed by atoms with Crippen molar-refractivity contribution in [2.45, 2.75) is 18.6 Å². The molecule has 1 saturated heterocycles. The molecule has 134 valence electrons. The molecule has 1 aromatic rings. The van der Waals surface area contributed by atoms with E-state index in [1.54, 1.807) is 18.2 Å². The largest absolute Gasteiger partial charge is 0.496 e. The Morgan fingerprint density at radius 2 is 1.87 bits per heavy atom. The third-order valence-electron chi connectivity index (χ3n) is 3.57. The minimum Gasteiger partial charge on any atom is -0.496 e. The summed E-state index contributed by atoms with van der Waals surface area (Å²) in [6.07, 6.45) is -5.16. The van der Waals surface area contributed by atoms with Crippen LogP contribution in [-0.4, -0.2) is 44.4 Å². The van der Waals surface area contributed by atoms with Crippen molar-refractivity contribution in [3.8, 4) is 5.75 Å². The third-order valence-corrected chi connectivity index (χ3v) is 3.80. The fourth-order valence-corrected chi connectivity index (χ4v) is 2.79. The Morgan fingerprint density at radius 1 is 1.26 bits per heavy atom. The van der Waals surface area contributed by atoms with Gasteiger partial charge in [0.15, 0.2) is 0 Å². The minimum absolute atomic E-state index is 0. The highest BCUT2D eigenvalue weighted by molar-refractivity contribution is 6.30. The Labute approximate surface area is 151 Å². The van der Waals surface area contributed by atoms with Crippen LogP contribution in [0.1, 0.15) is 18.0 Å². The molecule has 0 amide bonds. The lowest BCUT2D eigenvalue weighted by atomic mass is 9.99. The Morgan fingerprint density at radius 3 is 2.39 bits per heavy atom. The molecular weight excluding hydrogens is 376 g/mol. The molecule has 2 rings (SSSR count). The van der Waals surface area contributed by atoms with E-state index in [-0.39, 0.29) is 24.8 Å². The zero-order valence-electron chi connectivity index (χ0n) is 12.5. The van der Waals surface area contributed by atoms with Crippen molar-refractivity contribution in [1.29, 1.82) is 0 Å². The van der Waals surface area contributed by atoms with E-state index in [4.69, 9.17) is 16.3 Å². The standard InChI is InChI=1S/C14H18ClF3N2O.2ClH/c1-21-13-3-2-10(15)8-11(13)12(9-14(16,17)18)20-6-4-19-5-7-20;;/h2-3,8,12,19H,4-7,9H2,1H3;2*1H/t12-;;/m1../s1. The van der Waals surface area contributed by atoms with Crippen molar-refractivity contribution in [2.75, 3.05) is 33.3 Å². The molecule has 1 aliphatic heterocycles. The van der Waals surface area contributed by atoms with E-state index in [9.17, 15) is 13.2 Å². The van der Waals surface area contributed by atoms with Gasteiger partial charge in [-0.15, -0.1) is 24.8 Å². The van der Waals surface area contributed by atoms with Gasteiger partial charge in [-0.1, -0.05) is 11.6 Å². The normalized spacial score (nSPS) is 16.9. The van der Waals surface area contributed by atoms with Gasteiger partial charge in [0.2, 0.25) is 0 Å². The predicted molar refractivity (Wildman–Crippen MR) is 90.4 cm³/mol. The molecule has 23 heavy (non-hydrogen) atoms. The Kier molecular flexibility index (Phi) is 9.62. The monoisotopic (exact) mass is 394 g/mol. The molecular formula is C14H20Cl3F3N2O. The van der Waals surface area contributed by atoms with E-state index in [1.807, 2.05) is 4.90 Å². The maximum atomic E-state index is 13.0. The average molecular weight is 396 g/mol. The van der Waals surface area contributed by atoms with E-state index >= 15 is 0 Å². The second kappa shape index (κ2) is 9.79. The zero-order chi connectivity index (χ0) is 15.5. The van der Waals surface area contributed by atoms with Crippen LogP contribution in [-0.2, 0) is 0 Å². The second-order valence-electron chi connectivity index (χ2n) is 5.01. The smallest absolute Gasteiger partial charge is 0.390 e. The Balaban J connectivity index is 0.00000242. The number of hydrogen-bond acceptors (Lipinski definition) is 3. The maximum Gasteiger partial charge on any atom is 0.390 e. The highest BCUT2D eigenvalue weighted by atomic mass is 35.5. The van der Waals surface area contributed by atoms with Crippen molar-refractivity contribution in [3.63, 3.8) is 0 Å². The first-order valence-corrected chi connectivity index (χ1v) is 7.13. The fourth-order valence-electron chi connectivity index (χ4n) is 2.61. The van der Waals surface area contributed by atoms with Crippen LogP contribution in [0.5, 0.6) is 5.75 Å². The fraction of sp³-hybridized carbons (Fsp3) is 0.571. The molecule has 1 atom stereocenters. The van der Waals surface area contributed by atoms with E-state index in [0.29, 0.717) is 42.5 Å². The van der Waals surface area contributed by atoms with Crippen LogP contribution >= 0.6 is 36.4 Å². The number of benzene rings is 1. The van der Waals surface area contributed by atoms with Crippen molar-refractivity contribution < 1.29 is 17.9 Å². The minimum atomic E-state index is -4.25. The van der Waals surface area contributed by atoms with Crippen molar-refractivity contribution in [1.82, 2.24) is 10.2 Å². The summed E-state index contributed by atoms with van der Waals surface area (Å²) in [5, 5.41) is 3.55. The van der Waals surface area contributed by atoms with Crippen LogP contribution in [0.4, 0.5) is 13.2 Å². The van der Waals surface area contributed by atoms with E-state index in [1.165, 1.54) is 7.11 Å². The molecule has 1 fully saturated rings. The maximum absolute atomic E-state index is 13.0. The van der Waals surface area contributed by atoms with E-state index in [0.717, 1.165) is 0 Å². The first kappa shape index (κ1) is 22.6. The van der Waals surface area contributed by atoms with Gasteiger partial charge in [-0.05, 0) is 18.2 Å². The van der Waals surface area contributed by atoms with Crippen LogP contribution < -0.4 is 10.1 Å². The lowest BCUT2D eigenvalue weighted by molar-refractivity contribution is -0.148. The Hall–Kier alpha value is -0.400. The quantitative estimate of drug-likeness (QED) is 0.831. The number of halogens is 6. The lowest BCUT2D eigenvalue weighted by Crippen LogP contribution is -2.46.